The molecule has 118 valence electrons. The highest BCUT2D eigenvalue weighted by Gasteiger charge is 2.31. The molecule has 1 amide bonds. The Balaban J connectivity index is 1.63. The summed E-state index contributed by atoms with van der Waals surface area (Å²) < 4.78 is 0. The fourth-order valence-corrected chi connectivity index (χ4v) is 3.25. The zero-order valence-electron chi connectivity index (χ0n) is 13.3. The Hall–Kier alpha value is -1.88. The van der Waals surface area contributed by atoms with Crippen LogP contribution in [0.15, 0.2) is 24.5 Å². The molecule has 3 N–H and O–H groups in total. The maximum atomic E-state index is 12.4. The number of fused-ring (bicyclic) bond motifs is 1. The van der Waals surface area contributed by atoms with Crippen LogP contribution >= 0.6 is 0 Å². The zero-order valence-corrected chi connectivity index (χ0v) is 13.3. The van der Waals surface area contributed by atoms with E-state index in [1.807, 2.05) is 12.1 Å². The van der Waals surface area contributed by atoms with Crippen LogP contribution in [0.5, 0.6) is 0 Å². The maximum Gasteiger partial charge on any atom is 0.267 e. The third kappa shape index (κ3) is 3.14. The van der Waals surface area contributed by atoms with Crippen LogP contribution in [0.1, 0.15) is 37.2 Å². The number of pyridine rings is 1. The van der Waals surface area contributed by atoms with E-state index in [9.17, 15) is 4.79 Å². The molecule has 2 aromatic rings. The van der Waals surface area contributed by atoms with Gasteiger partial charge in [0.15, 0.2) is 0 Å². The number of piperidine rings is 1. The summed E-state index contributed by atoms with van der Waals surface area (Å²) in [5.41, 5.74) is 1.66. The van der Waals surface area contributed by atoms with Crippen LogP contribution in [0.25, 0.3) is 10.9 Å². The number of carbonyl (C=O) groups excluding carboxylic acids is 1. The molecule has 1 saturated heterocycles. The van der Waals surface area contributed by atoms with Crippen LogP contribution in [-0.2, 0) is 0 Å². The Kier molecular flexibility index (Phi) is 4.16. The van der Waals surface area contributed by atoms with Crippen LogP contribution in [0.2, 0.25) is 0 Å². The van der Waals surface area contributed by atoms with E-state index < -0.39 is 0 Å². The molecule has 0 aromatic carbocycles. The summed E-state index contributed by atoms with van der Waals surface area (Å²) >= 11 is 0. The van der Waals surface area contributed by atoms with Gasteiger partial charge in [0.2, 0.25) is 0 Å². The lowest BCUT2D eigenvalue weighted by Crippen LogP contribution is -2.42. The van der Waals surface area contributed by atoms with E-state index >= 15 is 0 Å². The molecule has 0 spiro atoms. The first-order chi connectivity index (χ1) is 10.6. The SMILES string of the molecule is CC(C)(CNC(=O)c1cc2cnccc2[nH]1)C1CCNCC1. The number of hydrogen-bond donors (Lipinski definition) is 3. The summed E-state index contributed by atoms with van der Waals surface area (Å²) in [5, 5.41) is 7.44. The smallest absolute Gasteiger partial charge is 0.267 e. The maximum absolute atomic E-state index is 12.4. The monoisotopic (exact) mass is 300 g/mol. The summed E-state index contributed by atoms with van der Waals surface area (Å²) in [5.74, 6) is 0.610. The van der Waals surface area contributed by atoms with Gasteiger partial charge in [0, 0.05) is 29.8 Å². The normalized spacial score (nSPS) is 16.8. The fourth-order valence-electron chi connectivity index (χ4n) is 3.25. The second-order valence-corrected chi connectivity index (χ2v) is 6.84. The van der Waals surface area contributed by atoms with E-state index in [1.54, 1.807) is 12.4 Å². The average molecular weight is 300 g/mol. The topological polar surface area (TPSA) is 69.8 Å². The van der Waals surface area contributed by atoms with Crippen LogP contribution in [-0.4, -0.2) is 35.5 Å². The van der Waals surface area contributed by atoms with Crippen LogP contribution in [0.4, 0.5) is 0 Å². The fraction of sp³-hybridized carbons (Fsp3) is 0.529. The number of nitrogens with zero attached hydrogens (tertiary/aromatic N) is 1. The third-order valence-electron chi connectivity index (χ3n) is 4.81. The molecule has 1 fully saturated rings. The minimum atomic E-state index is -0.0433. The van der Waals surface area contributed by atoms with Gasteiger partial charge in [-0.25, -0.2) is 0 Å². The molecule has 1 aliphatic heterocycles. The highest BCUT2D eigenvalue weighted by molar-refractivity contribution is 5.97. The highest BCUT2D eigenvalue weighted by Crippen LogP contribution is 2.32. The Morgan fingerprint density at radius 2 is 2.18 bits per heavy atom. The van der Waals surface area contributed by atoms with Gasteiger partial charge in [0.05, 0.1) is 0 Å². The molecular weight excluding hydrogens is 276 g/mol. The summed E-state index contributed by atoms with van der Waals surface area (Å²) in [7, 11) is 0. The Labute approximate surface area is 130 Å². The molecule has 0 aliphatic carbocycles. The number of H-pyrrole nitrogens is 1. The number of carbonyl (C=O) groups is 1. The average Bonchev–Trinajstić information content (AvgIpc) is 2.98. The van der Waals surface area contributed by atoms with Crippen molar-refractivity contribution in [2.24, 2.45) is 11.3 Å². The lowest BCUT2D eigenvalue weighted by molar-refractivity contribution is 0.0899. The Morgan fingerprint density at radius 3 is 2.91 bits per heavy atom. The first-order valence-corrected chi connectivity index (χ1v) is 7.98. The van der Waals surface area contributed by atoms with Crippen molar-refractivity contribution in [1.29, 1.82) is 0 Å². The molecule has 3 rings (SSSR count). The number of aromatic nitrogens is 2. The summed E-state index contributed by atoms with van der Waals surface area (Å²) in [6, 6.07) is 3.74. The van der Waals surface area contributed by atoms with E-state index in [2.05, 4.69) is 34.4 Å². The molecule has 5 nitrogen and oxygen atoms in total. The minimum absolute atomic E-state index is 0.0433. The quantitative estimate of drug-likeness (QED) is 0.811. The summed E-state index contributed by atoms with van der Waals surface area (Å²) in [6.45, 7) is 7.36. The second-order valence-electron chi connectivity index (χ2n) is 6.84. The molecule has 22 heavy (non-hydrogen) atoms. The molecule has 2 aromatic heterocycles. The van der Waals surface area contributed by atoms with Gasteiger partial charge >= 0.3 is 0 Å². The zero-order chi connectivity index (χ0) is 15.6. The van der Waals surface area contributed by atoms with E-state index in [1.165, 1.54) is 12.8 Å². The summed E-state index contributed by atoms with van der Waals surface area (Å²) in [6.07, 6.45) is 5.85. The predicted molar refractivity (Wildman–Crippen MR) is 87.8 cm³/mol. The van der Waals surface area contributed by atoms with Gasteiger partial charge in [-0.2, -0.15) is 0 Å². The van der Waals surface area contributed by atoms with Crippen molar-refractivity contribution in [3.8, 4) is 0 Å². The molecule has 0 atom stereocenters. The van der Waals surface area contributed by atoms with Crippen molar-refractivity contribution in [2.75, 3.05) is 19.6 Å². The van der Waals surface area contributed by atoms with Crippen LogP contribution in [0.3, 0.4) is 0 Å². The lowest BCUT2D eigenvalue weighted by atomic mass is 9.74. The number of amides is 1. The van der Waals surface area contributed by atoms with Crippen LogP contribution < -0.4 is 10.6 Å². The van der Waals surface area contributed by atoms with E-state index in [-0.39, 0.29) is 11.3 Å². The first-order valence-electron chi connectivity index (χ1n) is 7.98. The molecule has 0 radical (unpaired) electrons. The van der Waals surface area contributed by atoms with Crippen molar-refractivity contribution in [1.82, 2.24) is 20.6 Å². The molecule has 0 saturated carbocycles. The minimum Gasteiger partial charge on any atom is -0.350 e. The number of aromatic amines is 1. The predicted octanol–water partition coefficient (Wildman–Crippen LogP) is 2.32. The van der Waals surface area contributed by atoms with Gasteiger partial charge in [-0.1, -0.05) is 13.8 Å². The highest BCUT2D eigenvalue weighted by atomic mass is 16.1. The second kappa shape index (κ2) is 6.08. The number of hydrogen-bond acceptors (Lipinski definition) is 3. The molecular formula is C17H24N4O. The largest absolute Gasteiger partial charge is 0.350 e. The molecule has 0 unspecified atom stereocenters. The lowest BCUT2D eigenvalue weighted by Gasteiger charge is -2.37. The number of nitrogens with one attached hydrogen (secondary N) is 3. The standard InChI is InChI=1S/C17H24N4O/c1-17(2,13-3-6-18-7-4-13)11-20-16(22)15-9-12-10-19-8-5-14(12)21-15/h5,8-10,13,18,21H,3-4,6-7,11H2,1-2H3,(H,20,22). The van der Waals surface area contributed by atoms with Crippen molar-refractivity contribution >= 4 is 16.8 Å². The van der Waals surface area contributed by atoms with E-state index in [0.717, 1.165) is 24.0 Å². The Bertz CT molecular complexity index is 622. The van der Waals surface area contributed by atoms with Gasteiger partial charge in [0.1, 0.15) is 5.69 Å². The first kappa shape index (κ1) is 15.0. The van der Waals surface area contributed by atoms with Crippen LogP contribution in [0, 0.1) is 11.3 Å². The van der Waals surface area contributed by atoms with Gasteiger partial charge in [-0.05, 0) is 49.4 Å². The van der Waals surface area contributed by atoms with Crippen molar-refractivity contribution in [3.05, 3.63) is 30.2 Å². The molecule has 0 bridgehead atoms. The van der Waals surface area contributed by atoms with Gasteiger partial charge in [-0.15, -0.1) is 0 Å². The van der Waals surface area contributed by atoms with E-state index in [4.69, 9.17) is 0 Å². The van der Waals surface area contributed by atoms with Gasteiger partial charge in [-0.3, -0.25) is 9.78 Å². The summed E-state index contributed by atoms with van der Waals surface area (Å²) in [4.78, 5) is 19.6. The van der Waals surface area contributed by atoms with Crippen molar-refractivity contribution in [2.45, 2.75) is 26.7 Å². The van der Waals surface area contributed by atoms with Crippen molar-refractivity contribution in [3.63, 3.8) is 0 Å². The molecule has 1 aliphatic rings. The van der Waals surface area contributed by atoms with Crippen molar-refractivity contribution < 1.29 is 4.79 Å². The number of rotatable bonds is 4. The van der Waals surface area contributed by atoms with E-state index in [0.29, 0.717) is 18.2 Å². The third-order valence-corrected chi connectivity index (χ3v) is 4.81. The van der Waals surface area contributed by atoms with Gasteiger partial charge in [0.25, 0.3) is 5.91 Å². The molecule has 3 heterocycles. The molecule has 5 heteroatoms. The van der Waals surface area contributed by atoms with Gasteiger partial charge < -0.3 is 15.6 Å². The Morgan fingerprint density at radius 1 is 1.41 bits per heavy atom.